The van der Waals surface area contributed by atoms with Crippen LogP contribution in [0.3, 0.4) is 0 Å². The zero-order valence-corrected chi connectivity index (χ0v) is 12.9. The molecule has 1 aromatic heterocycles. The summed E-state index contributed by atoms with van der Waals surface area (Å²) in [5, 5.41) is 16.0. The zero-order chi connectivity index (χ0) is 17.9. The fourth-order valence-corrected chi connectivity index (χ4v) is 2.16. The average molecular weight is 340 g/mol. The third-order valence-corrected chi connectivity index (χ3v) is 3.17. The van der Waals surface area contributed by atoms with E-state index in [0.717, 1.165) is 6.07 Å². The number of hydrogen-bond donors (Lipinski definition) is 3. The van der Waals surface area contributed by atoms with Crippen LogP contribution in [-0.2, 0) is 6.18 Å². The molecule has 0 saturated heterocycles. The van der Waals surface area contributed by atoms with Crippen LogP contribution < -0.4 is 10.6 Å². The van der Waals surface area contributed by atoms with Gasteiger partial charge in [0.15, 0.2) is 5.96 Å². The Morgan fingerprint density at radius 2 is 2.00 bits per heavy atom. The largest absolute Gasteiger partial charge is 0.417 e. The van der Waals surface area contributed by atoms with Crippen LogP contribution in [0, 0.1) is 12.3 Å². The van der Waals surface area contributed by atoms with Crippen molar-refractivity contribution in [3.8, 4) is 11.3 Å². The lowest BCUT2D eigenvalue weighted by Gasteiger charge is -2.12. The molecule has 0 aliphatic carbocycles. The third kappa shape index (κ3) is 3.55. The van der Waals surface area contributed by atoms with E-state index >= 15 is 0 Å². The first kappa shape index (κ1) is 17.5. The molecule has 0 unspecified atom stereocenters. The lowest BCUT2D eigenvalue weighted by atomic mass is 10.00. The van der Waals surface area contributed by atoms with Crippen LogP contribution >= 0.6 is 0 Å². The highest BCUT2D eigenvalue weighted by Crippen LogP contribution is 2.38. The molecule has 1 amide bonds. The SMILES string of the molecule is CCNC(=N)NC(=O)c1c(-c2ccccc2C(F)(F)F)noc1C. The van der Waals surface area contributed by atoms with Crippen molar-refractivity contribution in [3.05, 3.63) is 41.2 Å². The van der Waals surface area contributed by atoms with E-state index in [2.05, 4.69) is 15.8 Å². The Morgan fingerprint density at radius 3 is 2.62 bits per heavy atom. The molecule has 0 fully saturated rings. The molecule has 0 aliphatic heterocycles. The van der Waals surface area contributed by atoms with Gasteiger partial charge < -0.3 is 9.84 Å². The first-order valence-electron chi connectivity index (χ1n) is 7.02. The Kier molecular flexibility index (Phi) is 4.91. The van der Waals surface area contributed by atoms with Crippen molar-refractivity contribution in [1.82, 2.24) is 15.8 Å². The Balaban J connectivity index is 2.49. The van der Waals surface area contributed by atoms with Gasteiger partial charge in [-0.25, -0.2) is 0 Å². The summed E-state index contributed by atoms with van der Waals surface area (Å²) in [5.41, 5.74) is -1.55. The molecule has 3 N–H and O–H groups in total. The number of hydrogen-bond acceptors (Lipinski definition) is 4. The summed E-state index contributed by atoms with van der Waals surface area (Å²) in [6.45, 7) is 3.56. The minimum atomic E-state index is -4.60. The van der Waals surface area contributed by atoms with Crippen molar-refractivity contribution in [2.75, 3.05) is 6.54 Å². The first-order chi connectivity index (χ1) is 11.3. The monoisotopic (exact) mass is 340 g/mol. The maximum Gasteiger partial charge on any atom is 0.417 e. The van der Waals surface area contributed by atoms with Crippen molar-refractivity contribution in [1.29, 1.82) is 5.41 Å². The number of halogens is 3. The smallest absolute Gasteiger partial charge is 0.360 e. The maximum absolute atomic E-state index is 13.2. The number of rotatable bonds is 3. The van der Waals surface area contributed by atoms with E-state index in [1.54, 1.807) is 6.92 Å². The van der Waals surface area contributed by atoms with Crippen molar-refractivity contribution in [2.45, 2.75) is 20.0 Å². The van der Waals surface area contributed by atoms with Gasteiger partial charge in [0.2, 0.25) is 0 Å². The van der Waals surface area contributed by atoms with Gasteiger partial charge in [0.25, 0.3) is 5.91 Å². The molecule has 0 atom stereocenters. The van der Waals surface area contributed by atoms with Crippen molar-refractivity contribution < 1.29 is 22.5 Å². The number of aromatic nitrogens is 1. The summed E-state index contributed by atoms with van der Waals surface area (Å²) in [7, 11) is 0. The van der Waals surface area contributed by atoms with Gasteiger partial charge in [-0.3, -0.25) is 15.5 Å². The van der Waals surface area contributed by atoms with Gasteiger partial charge >= 0.3 is 6.18 Å². The highest BCUT2D eigenvalue weighted by molar-refractivity contribution is 6.08. The number of amides is 1. The van der Waals surface area contributed by atoms with Crippen LogP contribution in [0.2, 0.25) is 0 Å². The molecule has 0 aliphatic rings. The molecule has 0 saturated carbocycles. The Labute approximate surface area is 135 Å². The molecule has 0 radical (unpaired) electrons. The third-order valence-electron chi connectivity index (χ3n) is 3.17. The van der Waals surface area contributed by atoms with Crippen LogP contribution in [0.25, 0.3) is 11.3 Å². The second-order valence-electron chi connectivity index (χ2n) is 4.87. The zero-order valence-electron chi connectivity index (χ0n) is 12.9. The number of guanidine groups is 1. The lowest BCUT2D eigenvalue weighted by Crippen LogP contribution is -2.40. The number of benzene rings is 1. The molecule has 2 rings (SSSR count). The van der Waals surface area contributed by atoms with Gasteiger partial charge in [-0.1, -0.05) is 23.4 Å². The molecule has 128 valence electrons. The maximum atomic E-state index is 13.2. The Hall–Kier alpha value is -2.84. The van der Waals surface area contributed by atoms with Crippen molar-refractivity contribution in [2.24, 2.45) is 0 Å². The van der Waals surface area contributed by atoms with Gasteiger partial charge in [-0.05, 0) is 19.9 Å². The van der Waals surface area contributed by atoms with Crippen molar-refractivity contribution >= 4 is 11.9 Å². The second kappa shape index (κ2) is 6.73. The molecule has 6 nitrogen and oxygen atoms in total. The molecule has 1 heterocycles. The van der Waals surface area contributed by atoms with Gasteiger partial charge in [-0.2, -0.15) is 13.2 Å². The summed E-state index contributed by atoms with van der Waals surface area (Å²) in [6.07, 6.45) is -4.60. The fourth-order valence-electron chi connectivity index (χ4n) is 2.16. The lowest BCUT2D eigenvalue weighted by molar-refractivity contribution is -0.137. The fraction of sp³-hybridized carbons (Fsp3) is 0.267. The molecular weight excluding hydrogens is 325 g/mol. The van der Waals surface area contributed by atoms with Crippen LogP contribution in [-0.4, -0.2) is 23.6 Å². The molecule has 1 aromatic carbocycles. The molecular formula is C15H15F3N4O2. The van der Waals surface area contributed by atoms with E-state index in [-0.39, 0.29) is 28.5 Å². The summed E-state index contributed by atoms with van der Waals surface area (Å²) in [4.78, 5) is 12.3. The Bertz CT molecular complexity index is 768. The van der Waals surface area contributed by atoms with Gasteiger partial charge in [0, 0.05) is 12.1 Å². The summed E-state index contributed by atoms with van der Waals surface area (Å²) < 4.78 is 44.5. The van der Waals surface area contributed by atoms with Crippen LogP contribution in [0.4, 0.5) is 13.2 Å². The number of nitrogens with one attached hydrogen (secondary N) is 3. The van der Waals surface area contributed by atoms with E-state index in [1.807, 2.05) is 0 Å². The van der Waals surface area contributed by atoms with E-state index in [1.165, 1.54) is 25.1 Å². The highest BCUT2D eigenvalue weighted by atomic mass is 19.4. The van der Waals surface area contributed by atoms with E-state index < -0.39 is 17.6 Å². The summed E-state index contributed by atoms with van der Waals surface area (Å²) in [6, 6.07) is 4.78. The standard InChI is InChI=1S/C15H15F3N4O2/c1-3-20-14(19)21-13(23)11-8(2)24-22-12(11)9-6-4-5-7-10(9)15(16,17)18/h4-7H,3H2,1-2H3,(H3,19,20,21,23). The van der Waals surface area contributed by atoms with Crippen LogP contribution in [0.5, 0.6) is 0 Å². The predicted molar refractivity (Wildman–Crippen MR) is 80.5 cm³/mol. The molecule has 24 heavy (non-hydrogen) atoms. The number of carbonyl (C=O) groups excluding carboxylic acids is 1. The van der Waals surface area contributed by atoms with E-state index in [0.29, 0.717) is 6.54 Å². The first-order valence-corrected chi connectivity index (χ1v) is 7.02. The summed E-state index contributed by atoms with van der Waals surface area (Å²) in [5.74, 6) is -0.978. The molecule has 9 heteroatoms. The van der Waals surface area contributed by atoms with Gasteiger partial charge in [-0.15, -0.1) is 0 Å². The van der Waals surface area contributed by atoms with E-state index in [4.69, 9.17) is 9.93 Å². The van der Waals surface area contributed by atoms with Crippen LogP contribution in [0.1, 0.15) is 28.6 Å². The number of nitrogens with zero attached hydrogens (tertiary/aromatic N) is 1. The molecule has 2 aromatic rings. The Morgan fingerprint density at radius 1 is 1.33 bits per heavy atom. The topological polar surface area (TPSA) is 91.0 Å². The van der Waals surface area contributed by atoms with Gasteiger partial charge in [0.1, 0.15) is 17.0 Å². The van der Waals surface area contributed by atoms with Crippen molar-refractivity contribution in [3.63, 3.8) is 0 Å². The summed E-state index contributed by atoms with van der Waals surface area (Å²) >= 11 is 0. The number of alkyl halides is 3. The minimum absolute atomic E-state index is 0.0591. The normalized spacial score (nSPS) is 11.2. The molecule has 0 spiro atoms. The quantitative estimate of drug-likeness (QED) is 0.592. The highest BCUT2D eigenvalue weighted by Gasteiger charge is 2.35. The van der Waals surface area contributed by atoms with Gasteiger partial charge in [0.05, 0.1) is 5.56 Å². The number of carbonyl (C=O) groups is 1. The minimum Gasteiger partial charge on any atom is -0.360 e. The average Bonchev–Trinajstić information content (AvgIpc) is 2.88. The van der Waals surface area contributed by atoms with E-state index in [9.17, 15) is 18.0 Å². The number of aryl methyl sites for hydroxylation is 1. The second-order valence-corrected chi connectivity index (χ2v) is 4.87. The molecule has 0 bridgehead atoms. The van der Waals surface area contributed by atoms with Crippen LogP contribution in [0.15, 0.2) is 28.8 Å². The predicted octanol–water partition coefficient (Wildman–Crippen LogP) is 2.94.